The van der Waals surface area contributed by atoms with Gasteiger partial charge in [-0.2, -0.15) is 0 Å². The number of aliphatic imine (C=N–C) groups is 1. The molecule has 0 aliphatic heterocycles. The van der Waals surface area contributed by atoms with Gasteiger partial charge in [0.25, 0.3) is 0 Å². The molecule has 1 heterocycles. The molecule has 0 spiro atoms. The molecule has 78 valence electrons. The van der Waals surface area contributed by atoms with E-state index in [0.29, 0.717) is 24.7 Å². The fourth-order valence-electron chi connectivity index (χ4n) is 0.947. The van der Waals surface area contributed by atoms with Gasteiger partial charge < -0.3 is 10.6 Å². The molecule has 0 aromatic carbocycles. The van der Waals surface area contributed by atoms with Crippen molar-refractivity contribution in [1.29, 1.82) is 0 Å². The summed E-state index contributed by atoms with van der Waals surface area (Å²) in [6.07, 6.45) is 0.576. The first kappa shape index (κ1) is 10.3. The number of aromatic nitrogens is 2. The molecular formula is C7H13N5O2. The summed E-state index contributed by atoms with van der Waals surface area (Å²) >= 11 is 0. The standard InChI is InChI=1S/C7H13N5O2/c1-8-6(9-2)10-4-3-5-11-7(13)14-12-5/h3-4H2,1-2H3,(H2,8,9,10)(H,11,12,13). The minimum absolute atomic E-state index is 0.522. The van der Waals surface area contributed by atoms with Crippen molar-refractivity contribution in [3.8, 4) is 0 Å². The van der Waals surface area contributed by atoms with Crippen molar-refractivity contribution in [2.45, 2.75) is 6.42 Å². The maximum Gasteiger partial charge on any atom is 0.438 e. The van der Waals surface area contributed by atoms with Crippen molar-refractivity contribution < 1.29 is 4.52 Å². The number of hydrogen-bond acceptors (Lipinski definition) is 4. The summed E-state index contributed by atoms with van der Waals surface area (Å²) in [6, 6.07) is 0. The molecule has 7 nitrogen and oxygen atoms in total. The molecule has 0 aliphatic rings. The van der Waals surface area contributed by atoms with Gasteiger partial charge in [-0.1, -0.05) is 5.16 Å². The highest BCUT2D eigenvalue weighted by Crippen LogP contribution is 1.83. The van der Waals surface area contributed by atoms with Crippen LogP contribution in [0.15, 0.2) is 14.3 Å². The summed E-state index contributed by atoms with van der Waals surface area (Å²) in [4.78, 5) is 16.9. The van der Waals surface area contributed by atoms with Crippen LogP contribution in [0.1, 0.15) is 5.82 Å². The second-order valence-electron chi connectivity index (χ2n) is 2.54. The van der Waals surface area contributed by atoms with Crippen LogP contribution in [-0.2, 0) is 6.42 Å². The van der Waals surface area contributed by atoms with Crippen LogP contribution in [0.4, 0.5) is 0 Å². The average Bonchev–Trinajstić information content (AvgIpc) is 2.59. The van der Waals surface area contributed by atoms with Gasteiger partial charge in [-0.25, -0.2) is 4.79 Å². The minimum Gasteiger partial charge on any atom is -0.359 e. The van der Waals surface area contributed by atoms with Crippen LogP contribution in [0.2, 0.25) is 0 Å². The van der Waals surface area contributed by atoms with Gasteiger partial charge in [0.2, 0.25) is 0 Å². The molecule has 14 heavy (non-hydrogen) atoms. The van der Waals surface area contributed by atoms with Crippen molar-refractivity contribution in [3.05, 3.63) is 16.4 Å². The molecular weight excluding hydrogens is 186 g/mol. The van der Waals surface area contributed by atoms with Gasteiger partial charge in [-0.3, -0.25) is 14.5 Å². The lowest BCUT2D eigenvalue weighted by Crippen LogP contribution is -2.35. The number of H-pyrrole nitrogens is 1. The van der Waals surface area contributed by atoms with E-state index in [4.69, 9.17) is 0 Å². The Morgan fingerprint density at radius 1 is 1.71 bits per heavy atom. The van der Waals surface area contributed by atoms with Crippen LogP contribution in [0, 0.1) is 0 Å². The molecule has 1 rings (SSSR count). The van der Waals surface area contributed by atoms with Crippen LogP contribution in [0.25, 0.3) is 0 Å². The number of aromatic amines is 1. The van der Waals surface area contributed by atoms with Crippen molar-refractivity contribution in [3.63, 3.8) is 0 Å². The highest BCUT2D eigenvalue weighted by atomic mass is 16.5. The molecule has 0 atom stereocenters. The van der Waals surface area contributed by atoms with Gasteiger partial charge in [0.1, 0.15) is 0 Å². The summed E-state index contributed by atoms with van der Waals surface area (Å²) in [5.74, 6) is 0.683. The minimum atomic E-state index is -0.530. The molecule has 0 aliphatic carbocycles. The second kappa shape index (κ2) is 5.05. The predicted molar refractivity (Wildman–Crippen MR) is 51.2 cm³/mol. The Labute approximate surface area is 80.6 Å². The first-order valence-electron chi connectivity index (χ1n) is 4.19. The SMILES string of the molecule is CN=C(NC)NCCc1noc(=O)[nH]1. The summed E-state index contributed by atoms with van der Waals surface area (Å²) < 4.78 is 4.34. The lowest BCUT2D eigenvalue weighted by atomic mass is 10.4. The van der Waals surface area contributed by atoms with E-state index >= 15 is 0 Å². The molecule has 0 saturated carbocycles. The van der Waals surface area contributed by atoms with Gasteiger partial charge in [0, 0.05) is 27.1 Å². The van der Waals surface area contributed by atoms with Gasteiger partial charge in [0.15, 0.2) is 11.8 Å². The van der Waals surface area contributed by atoms with Crippen molar-refractivity contribution in [1.82, 2.24) is 20.8 Å². The van der Waals surface area contributed by atoms with E-state index in [1.807, 2.05) is 0 Å². The Morgan fingerprint density at radius 3 is 3.00 bits per heavy atom. The molecule has 0 amide bonds. The van der Waals surface area contributed by atoms with Crippen molar-refractivity contribution in [2.24, 2.45) is 4.99 Å². The third kappa shape index (κ3) is 2.92. The lowest BCUT2D eigenvalue weighted by molar-refractivity contribution is 0.381. The third-order valence-corrected chi connectivity index (χ3v) is 1.60. The zero-order chi connectivity index (χ0) is 10.4. The summed E-state index contributed by atoms with van der Waals surface area (Å²) in [7, 11) is 3.45. The number of nitrogens with zero attached hydrogens (tertiary/aromatic N) is 2. The van der Waals surface area contributed by atoms with E-state index in [9.17, 15) is 4.79 Å². The molecule has 0 saturated heterocycles. The fraction of sp³-hybridized carbons (Fsp3) is 0.571. The van der Waals surface area contributed by atoms with E-state index < -0.39 is 5.76 Å². The Hall–Kier alpha value is -1.79. The predicted octanol–water partition coefficient (Wildman–Crippen LogP) is -1.30. The van der Waals surface area contributed by atoms with Gasteiger partial charge >= 0.3 is 5.76 Å². The largest absolute Gasteiger partial charge is 0.438 e. The maximum absolute atomic E-state index is 10.6. The average molecular weight is 199 g/mol. The molecule has 1 aromatic rings. The molecule has 0 fully saturated rings. The first-order valence-corrected chi connectivity index (χ1v) is 4.19. The zero-order valence-corrected chi connectivity index (χ0v) is 8.13. The van der Waals surface area contributed by atoms with Crippen LogP contribution >= 0.6 is 0 Å². The molecule has 0 unspecified atom stereocenters. The van der Waals surface area contributed by atoms with E-state index in [1.54, 1.807) is 14.1 Å². The van der Waals surface area contributed by atoms with E-state index in [-0.39, 0.29) is 0 Å². The lowest BCUT2D eigenvalue weighted by Gasteiger charge is -2.06. The Kier molecular flexibility index (Phi) is 3.71. The van der Waals surface area contributed by atoms with Gasteiger partial charge in [-0.05, 0) is 0 Å². The summed E-state index contributed by atoms with van der Waals surface area (Å²) in [5.41, 5.74) is 0. The molecule has 0 radical (unpaired) electrons. The Bertz CT molecular complexity index is 353. The van der Waals surface area contributed by atoms with Gasteiger partial charge in [0.05, 0.1) is 0 Å². The quantitative estimate of drug-likeness (QED) is 0.415. The van der Waals surface area contributed by atoms with E-state index in [1.165, 1.54) is 0 Å². The number of rotatable bonds is 3. The normalized spacial score (nSPS) is 11.4. The Balaban J connectivity index is 2.31. The third-order valence-electron chi connectivity index (χ3n) is 1.60. The van der Waals surface area contributed by atoms with Gasteiger partial charge in [-0.15, -0.1) is 0 Å². The number of nitrogens with one attached hydrogen (secondary N) is 3. The monoisotopic (exact) mass is 199 g/mol. The number of hydrogen-bond donors (Lipinski definition) is 3. The van der Waals surface area contributed by atoms with Crippen molar-refractivity contribution >= 4 is 5.96 Å². The smallest absolute Gasteiger partial charge is 0.359 e. The molecule has 3 N–H and O–H groups in total. The topological polar surface area (TPSA) is 95.3 Å². The molecule has 1 aromatic heterocycles. The second-order valence-corrected chi connectivity index (χ2v) is 2.54. The van der Waals surface area contributed by atoms with Crippen LogP contribution < -0.4 is 16.4 Å². The Morgan fingerprint density at radius 2 is 2.50 bits per heavy atom. The molecule has 0 bridgehead atoms. The number of guanidine groups is 1. The highest BCUT2D eigenvalue weighted by Gasteiger charge is 1.99. The van der Waals surface area contributed by atoms with Crippen LogP contribution in [0.3, 0.4) is 0 Å². The zero-order valence-electron chi connectivity index (χ0n) is 8.13. The summed E-state index contributed by atoms with van der Waals surface area (Å²) in [6.45, 7) is 0.621. The van der Waals surface area contributed by atoms with Crippen LogP contribution in [0.5, 0.6) is 0 Å². The maximum atomic E-state index is 10.6. The molecule has 7 heteroatoms. The highest BCUT2D eigenvalue weighted by molar-refractivity contribution is 5.79. The first-order chi connectivity index (χ1) is 6.76. The fourth-order valence-corrected chi connectivity index (χ4v) is 0.947. The van der Waals surface area contributed by atoms with Crippen molar-refractivity contribution in [2.75, 3.05) is 20.6 Å². The van der Waals surface area contributed by atoms with E-state index in [2.05, 4.69) is 30.3 Å². The van der Waals surface area contributed by atoms with E-state index in [0.717, 1.165) is 0 Å². The summed E-state index contributed by atoms with van der Waals surface area (Å²) in [5, 5.41) is 9.40. The van der Waals surface area contributed by atoms with Crippen LogP contribution in [-0.4, -0.2) is 36.7 Å².